The van der Waals surface area contributed by atoms with Crippen molar-refractivity contribution >= 4 is 38.4 Å². The minimum Gasteiger partial charge on any atom is -0.372 e. The van der Waals surface area contributed by atoms with Crippen LogP contribution in [0.1, 0.15) is 18.9 Å². The molecule has 2 aromatic rings. The summed E-state index contributed by atoms with van der Waals surface area (Å²) in [7, 11) is -4.38. The Balaban J connectivity index is 1.99. The van der Waals surface area contributed by atoms with Crippen LogP contribution >= 0.6 is 11.5 Å². The molecule has 0 amide bonds. The van der Waals surface area contributed by atoms with Crippen LogP contribution in [-0.4, -0.2) is 42.0 Å². The summed E-state index contributed by atoms with van der Waals surface area (Å²) in [5.41, 5.74) is 2.69. The van der Waals surface area contributed by atoms with Crippen molar-refractivity contribution in [2.75, 3.05) is 24.6 Å². The van der Waals surface area contributed by atoms with E-state index in [0.29, 0.717) is 18.1 Å². The average molecular weight is 385 g/mol. The first-order valence-corrected chi connectivity index (χ1v) is 9.68. The average Bonchev–Trinajstić information content (AvgIpc) is 3.06. The summed E-state index contributed by atoms with van der Waals surface area (Å²) >= 11 is 1.17. The minimum atomic E-state index is -4.38. The van der Waals surface area contributed by atoms with E-state index in [4.69, 9.17) is 4.55 Å². The Hall–Kier alpha value is -1.95. The summed E-state index contributed by atoms with van der Waals surface area (Å²) < 4.78 is 37.8. The first kappa shape index (κ1) is 19.4. The van der Waals surface area contributed by atoms with E-state index in [2.05, 4.69) is 28.7 Å². The van der Waals surface area contributed by atoms with Crippen molar-refractivity contribution in [3.8, 4) is 0 Å². The van der Waals surface area contributed by atoms with Crippen molar-refractivity contribution in [2.24, 2.45) is 10.2 Å². The topological polar surface area (TPSA) is 117 Å². The molecule has 0 atom stereocenters. The van der Waals surface area contributed by atoms with Crippen LogP contribution in [0.2, 0.25) is 0 Å². The van der Waals surface area contributed by atoms with Gasteiger partial charge in [-0.25, -0.2) is 9.17 Å². The van der Waals surface area contributed by atoms with Crippen LogP contribution < -0.4 is 4.90 Å². The Kier molecular flexibility index (Phi) is 6.93. The van der Waals surface area contributed by atoms with E-state index < -0.39 is 10.4 Å². The predicted octanol–water partition coefficient (Wildman–Crippen LogP) is 3.30. The van der Waals surface area contributed by atoms with Crippen LogP contribution in [0.5, 0.6) is 0 Å². The summed E-state index contributed by atoms with van der Waals surface area (Å²) in [4.78, 5) is 6.02. The van der Waals surface area contributed by atoms with Crippen LogP contribution in [0.4, 0.5) is 16.5 Å². The Morgan fingerprint density at radius 1 is 1.36 bits per heavy atom. The second-order valence-electron chi connectivity index (χ2n) is 5.08. The number of hydrogen-bond donors (Lipinski definition) is 1. The molecule has 1 aromatic heterocycles. The summed E-state index contributed by atoms with van der Waals surface area (Å²) in [6.45, 7) is 5.21. The Morgan fingerprint density at radius 2 is 2.16 bits per heavy atom. The van der Waals surface area contributed by atoms with Crippen LogP contribution in [0.3, 0.4) is 0 Å². The maximum absolute atomic E-state index is 10.5. The van der Waals surface area contributed by atoms with Crippen molar-refractivity contribution in [1.82, 2.24) is 9.36 Å². The molecule has 0 saturated heterocycles. The zero-order chi connectivity index (χ0) is 18.3. The van der Waals surface area contributed by atoms with E-state index in [-0.39, 0.29) is 6.61 Å². The fraction of sp³-hybridized carbons (Fsp3) is 0.429. The molecule has 1 N–H and O–H groups in total. The third kappa shape index (κ3) is 6.46. The van der Waals surface area contributed by atoms with Crippen LogP contribution in [0.25, 0.3) is 0 Å². The Labute approximate surface area is 150 Å². The third-order valence-corrected chi connectivity index (χ3v) is 4.34. The predicted molar refractivity (Wildman–Crippen MR) is 95.3 cm³/mol. The molecule has 0 aliphatic heterocycles. The van der Waals surface area contributed by atoms with Crippen molar-refractivity contribution in [1.29, 1.82) is 0 Å². The fourth-order valence-corrected chi connectivity index (χ4v) is 2.83. The molecule has 136 valence electrons. The molecular weight excluding hydrogens is 366 g/mol. The molecule has 25 heavy (non-hydrogen) atoms. The van der Waals surface area contributed by atoms with Gasteiger partial charge in [0.15, 0.2) is 0 Å². The van der Waals surface area contributed by atoms with Crippen LogP contribution in [-0.2, 0) is 14.6 Å². The zero-order valence-corrected chi connectivity index (χ0v) is 15.5. The van der Waals surface area contributed by atoms with Gasteiger partial charge in [-0.1, -0.05) is 0 Å². The molecule has 0 fully saturated rings. The largest absolute Gasteiger partial charge is 0.397 e. The lowest BCUT2D eigenvalue weighted by atomic mass is 10.1. The zero-order valence-electron chi connectivity index (χ0n) is 13.9. The van der Waals surface area contributed by atoms with Gasteiger partial charge in [0.05, 0.1) is 12.3 Å². The molecule has 0 unspecified atom stereocenters. The molecule has 2 rings (SSSR count). The molecule has 0 spiro atoms. The van der Waals surface area contributed by atoms with E-state index in [1.807, 2.05) is 32.0 Å². The van der Waals surface area contributed by atoms with Crippen LogP contribution in [0, 0.1) is 6.92 Å². The van der Waals surface area contributed by atoms with Gasteiger partial charge < -0.3 is 4.90 Å². The molecule has 0 aliphatic carbocycles. The van der Waals surface area contributed by atoms with E-state index >= 15 is 0 Å². The highest BCUT2D eigenvalue weighted by Gasteiger charge is 2.09. The Morgan fingerprint density at radius 3 is 2.76 bits per heavy atom. The number of nitrogens with zero attached hydrogens (tertiary/aromatic N) is 5. The van der Waals surface area contributed by atoms with Gasteiger partial charge in [0.25, 0.3) is 0 Å². The molecule has 0 aliphatic rings. The molecule has 11 heteroatoms. The monoisotopic (exact) mass is 385 g/mol. The lowest BCUT2D eigenvalue weighted by Gasteiger charge is -2.23. The van der Waals surface area contributed by atoms with E-state index in [1.54, 1.807) is 0 Å². The van der Waals surface area contributed by atoms with E-state index in [1.165, 1.54) is 17.9 Å². The Bertz CT molecular complexity index is 809. The molecule has 1 heterocycles. The summed E-state index contributed by atoms with van der Waals surface area (Å²) in [6, 6.07) is 5.78. The van der Waals surface area contributed by atoms with Crippen molar-refractivity contribution in [2.45, 2.75) is 20.3 Å². The van der Waals surface area contributed by atoms with Gasteiger partial charge >= 0.3 is 10.4 Å². The van der Waals surface area contributed by atoms with Gasteiger partial charge in [0.2, 0.25) is 5.13 Å². The number of anilines is 1. The number of rotatable bonds is 9. The van der Waals surface area contributed by atoms with Gasteiger partial charge in [0.1, 0.15) is 6.33 Å². The maximum atomic E-state index is 10.5. The van der Waals surface area contributed by atoms with Gasteiger partial charge in [-0.15, -0.1) is 10.2 Å². The molecule has 0 radical (unpaired) electrons. The normalized spacial score (nSPS) is 12.0. The summed E-state index contributed by atoms with van der Waals surface area (Å²) in [6.07, 6.45) is 1.89. The molecule has 9 nitrogen and oxygen atoms in total. The third-order valence-electron chi connectivity index (χ3n) is 3.32. The van der Waals surface area contributed by atoms with E-state index in [0.717, 1.165) is 23.5 Å². The highest BCUT2D eigenvalue weighted by atomic mass is 32.3. The molecule has 1 aromatic carbocycles. The van der Waals surface area contributed by atoms with E-state index in [9.17, 15) is 8.42 Å². The first-order valence-electron chi connectivity index (χ1n) is 7.55. The van der Waals surface area contributed by atoms with Crippen molar-refractivity contribution in [3.63, 3.8) is 0 Å². The second-order valence-corrected chi connectivity index (χ2v) is 6.93. The lowest BCUT2D eigenvalue weighted by molar-refractivity contribution is 0.266. The highest BCUT2D eigenvalue weighted by Crippen LogP contribution is 2.27. The minimum absolute atomic E-state index is 0.0670. The SMILES string of the molecule is CCN(CCCOS(=O)(=O)O)c1ccc(N=Nc2ncns2)c(C)c1. The fourth-order valence-electron chi connectivity index (χ4n) is 2.15. The van der Waals surface area contributed by atoms with Gasteiger partial charge in [-0.3, -0.25) is 4.55 Å². The van der Waals surface area contributed by atoms with Crippen molar-refractivity contribution in [3.05, 3.63) is 30.1 Å². The number of azo groups is 1. The number of aromatic nitrogens is 2. The van der Waals surface area contributed by atoms with Crippen molar-refractivity contribution < 1.29 is 17.2 Å². The molecule has 0 bridgehead atoms. The summed E-state index contributed by atoms with van der Waals surface area (Å²) in [5.74, 6) is 0. The van der Waals surface area contributed by atoms with Crippen LogP contribution in [0.15, 0.2) is 34.8 Å². The second kappa shape index (κ2) is 8.94. The number of aryl methyl sites for hydroxylation is 1. The number of hydrogen-bond acceptors (Lipinski definition) is 9. The lowest BCUT2D eigenvalue weighted by Crippen LogP contribution is -2.25. The quantitative estimate of drug-likeness (QED) is 0.400. The van der Waals surface area contributed by atoms with Gasteiger partial charge in [-0.2, -0.15) is 12.8 Å². The highest BCUT2D eigenvalue weighted by molar-refractivity contribution is 7.80. The maximum Gasteiger partial charge on any atom is 0.397 e. The molecule has 0 saturated carbocycles. The smallest absolute Gasteiger partial charge is 0.372 e. The standard InChI is InChI=1S/C14H19N5O4S2/c1-3-19(7-4-8-23-25(20,21)22)12-5-6-13(11(2)9-12)17-18-14-15-10-16-24-14/h5-6,9-10H,3-4,7-8H2,1-2H3,(H,20,21,22). The molecular formula is C14H19N5O4S2. The van der Waals surface area contributed by atoms with Gasteiger partial charge in [0, 0.05) is 30.3 Å². The summed E-state index contributed by atoms with van der Waals surface area (Å²) in [5, 5.41) is 8.71. The first-order chi connectivity index (χ1) is 11.9. The number of benzene rings is 1. The van der Waals surface area contributed by atoms with Gasteiger partial charge in [-0.05, 0) is 44.0 Å².